The molecule has 2 aliphatic heterocycles. The van der Waals surface area contributed by atoms with Crippen LogP contribution in [0, 0.1) is 0 Å². The first kappa shape index (κ1) is 19.9. The topological polar surface area (TPSA) is 92.1 Å². The van der Waals surface area contributed by atoms with Crippen molar-refractivity contribution in [2.24, 2.45) is 9.98 Å². The number of rotatable bonds is 2. The minimum atomic E-state index is -4.84. The van der Waals surface area contributed by atoms with Gasteiger partial charge in [-0.2, -0.15) is 13.2 Å². The van der Waals surface area contributed by atoms with Crippen molar-refractivity contribution in [3.8, 4) is 5.75 Å². The third kappa shape index (κ3) is 3.22. The number of alkyl halides is 3. The summed E-state index contributed by atoms with van der Waals surface area (Å²) < 4.78 is 46.4. The molecular weight excluding hydrogens is 425 g/mol. The van der Waals surface area contributed by atoms with Gasteiger partial charge in [-0.15, -0.1) is 0 Å². The molecule has 2 aromatic heterocycles. The van der Waals surface area contributed by atoms with Gasteiger partial charge in [-0.1, -0.05) is 6.07 Å². The van der Waals surface area contributed by atoms with E-state index < -0.39 is 23.3 Å². The first-order chi connectivity index (χ1) is 15.4. The lowest BCUT2D eigenvalue weighted by molar-refractivity contribution is -0.141. The Morgan fingerprint density at radius 1 is 1.22 bits per heavy atom. The van der Waals surface area contributed by atoms with E-state index >= 15 is 0 Å². The molecule has 1 N–H and O–H groups in total. The van der Waals surface area contributed by atoms with Crippen LogP contribution >= 0.6 is 0 Å². The maximum absolute atomic E-state index is 13.7. The fourth-order valence-corrected chi connectivity index (χ4v) is 3.69. The Morgan fingerprint density at radius 2 is 2.06 bits per heavy atom. The molecule has 0 fully saturated rings. The molecule has 1 aromatic carbocycles. The molecule has 11 heteroatoms. The van der Waals surface area contributed by atoms with E-state index in [-0.39, 0.29) is 11.6 Å². The van der Waals surface area contributed by atoms with Crippen LogP contribution in [0.2, 0.25) is 0 Å². The number of benzene rings is 1. The van der Waals surface area contributed by atoms with E-state index in [9.17, 15) is 18.0 Å². The number of nitrogens with one attached hydrogen (secondary N) is 1. The van der Waals surface area contributed by atoms with Crippen LogP contribution in [0.1, 0.15) is 21.6 Å². The largest absolute Gasteiger partial charge is 0.494 e. The highest BCUT2D eigenvalue weighted by molar-refractivity contribution is 6.20. The zero-order valence-corrected chi connectivity index (χ0v) is 16.6. The smallest absolute Gasteiger partial charge is 0.434 e. The third-order valence-electron chi connectivity index (χ3n) is 5.10. The number of pyridine rings is 2. The van der Waals surface area contributed by atoms with E-state index in [1.54, 1.807) is 23.1 Å². The maximum atomic E-state index is 13.7. The molecule has 8 nitrogen and oxygen atoms in total. The standard InChI is InChI=1S/C21H15F3N6O2/c1-32-14-6-2-5-12-15(14)27-20(30-9-8-26-18(12)30)29-19(31)13-10-11-4-3-7-25-17(11)28-16(13)21(22,23)24/h2-7,10H,8-9H2,1H3,(H,27,29,31). The van der Waals surface area contributed by atoms with Gasteiger partial charge in [-0.05, 0) is 30.3 Å². The molecule has 162 valence electrons. The van der Waals surface area contributed by atoms with Crippen molar-refractivity contribution in [1.82, 2.24) is 20.2 Å². The minimum absolute atomic E-state index is 0.0719. The second-order valence-corrected chi connectivity index (χ2v) is 7.04. The highest BCUT2D eigenvalue weighted by atomic mass is 19.4. The second-order valence-electron chi connectivity index (χ2n) is 7.04. The molecule has 4 heterocycles. The van der Waals surface area contributed by atoms with E-state index in [0.717, 1.165) is 6.07 Å². The number of carbonyl (C=O) groups excluding carboxylic acids is 1. The number of ether oxygens (including phenoxy) is 1. The summed E-state index contributed by atoms with van der Waals surface area (Å²) in [5, 5.41) is 2.83. The highest BCUT2D eigenvalue weighted by Crippen LogP contribution is 2.37. The summed E-state index contributed by atoms with van der Waals surface area (Å²) in [6.07, 6.45) is -3.51. The van der Waals surface area contributed by atoms with Crippen molar-refractivity contribution < 1.29 is 22.7 Å². The molecule has 0 spiro atoms. The number of aliphatic imine (C=N–C) groups is 2. The van der Waals surface area contributed by atoms with Gasteiger partial charge >= 0.3 is 6.18 Å². The molecule has 0 aliphatic carbocycles. The number of carbonyl (C=O) groups is 1. The molecule has 0 bridgehead atoms. The number of methoxy groups -OCH3 is 1. The zero-order chi connectivity index (χ0) is 22.5. The number of hydrogen-bond acceptors (Lipinski definition) is 7. The number of halogens is 3. The van der Waals surface area contributed by atoms with Crippen molar-refractivity contribution in [1.29, 1.82) is 0 Å². The van der Waals surface area contributed by atoms with E-state index in [1.165, 1.54) is 19.4 Å². The Hall–Kier alpha value is -4.02. The Morgan fingerprint density at radius 3 is 2.84 bits per heavy atom. The van der Waals surface area contributed by atoms with Crippen LogP contribution < -0.4 is 10.1 Å². The summed E-state index contributed by atoms with van der Waals surface area (Å²) in [7, 11) is 1.48. The van der Waals surface area contributed by atoms with Gasteiger partial charge in [0.05, 0.1) is 19.2 Å². The first-order valence-electron chi connectivity index (χ1n) is 9.59. The van der Waals surface area contributed by atoms with Crippen molar-refractivity contribution in [2.45, 2.75) is 6.18 Å². The van der Waals surface area contributed by atoms with Crippen molar-refractivity contribution in [2.75, 3.05) is 20.2 Å². The Labute approximate surface area is 179 Å². The van der Waals surface area contributed by atoms with Crippen LogP contribution in [0.4, 0.5) is 18.9 Å². The third-order valence-corrected chi connectivity index (χ3v) is 5.10. The van der Waals surface area contributed by atoms with E-state index in [2.05, 4.69) is 25.3 Å². The fourth-order valence-electron chi connectivity index (χ4n) is 3.69. The SMILES string of the molecule is COc1cccc2c1N=C(NC(=O)c1cc3cccnc3nc1C(F)(F)F)N1CCN=C21. The van der Waals surface area contributed by atoms with Gasteiger partial charge < -0.3 is 4.74 Å². The number of amidine groups is 1. The van der Waals surface area contributed by atoms with Crippen LogP contribution in [0.3, 0.4) is 0 Å². The zero-order valence-electron chi connectivity index (χ0n) is 16.6. The van der Waals surface area contributed by atoms with Crippen molar-refractivity contribution in [3.05, 3.63) is 59.4 Å². The lowest BCUT2D eigenvalue weighted by Gasteiger charge is -2.28. The summed E-state index contributed by atoms with van der Waals surface area (Å²) in [6, 6.07) is 9.54. The van der Waals surface area contributed by atoms with Crippen LogP contribution in [-0.2, 0) is 6.18 Å². The van der Waals surface area contributed by atoms with Gasteiger partial charge in [0.15, 0.2) is 11.3 Å². The summed E-state index contributed by atoms with van der Waals surface area (Å²) in [5.41, 5.74) is -0.873. The molecule has 0 atom stereocenters. The molecule has 5 rings (SSSR count). The van der Waals surface area contributed by atoms with Crippen molar-refractivity contribution >= 4 is 34.4 Å². The Balaban J connectivity index is 1.59. The van der Waals surface area contributed by atoms with Crippen LogP contribution in [0.25, 0.3) is 11.0 Å². The van der Waals surface area contributed by atoms with E-state index in [1.807, 2.05) is 6.07 Å². The molecule has 32 heavy (non-hydrogen) atoms. The Kier molecular flexibility index (Phi) is 4.54. The monoisotopic (exact) mass is 440 g/mol. The number of fused-ring (bicyclic) bond motifs is 4. The number of amides is 1. The average molecular weight is 440 g/mol. The summed E-state index contributed by atoms with van der Waals surface area (Å²) in [4.78, 5) is 31.1. The van der Waals surface area contributed by atoms with Crippen LogP contribution in [0.15, 0.2) is 52.6 Å². The van der Waals surface area contributed by atoms with Crippen molar-refractivity contribution in [3.63, 3.8) is 0 Å². The lowest BCUT2D eigenvalue weighted by atomic mass is 10.1. The van der Waals surface area contributed by atoms with E-state index in [4.69, 9.17) is 4.74 Å². The number of aromatic nitrogens is 2. The van der Waals surface area contributed by atoms with Gasteiger partial charge in [0.1, 0.15) is 17.3 Å². The first-order valence-corrected chi connectivity index (χ1v) is 9.59. The summed E-state index contributed by atoms with van der Waals surface area (Å²) in [5.74, 6) is 0.112. The van der Waals surface area contributed by atoms with Crippen LogP contribution in [0.5, 0.6) is 5.75 Å². The normalized spacial score (nSPS) is 15.1. The predicted molar refractivity (Wildman–Crippen MR) is 110 cm³/mol. The number of hydrogen-bond donors (Lipinski definition) is 1. The van der Waals surface area contributed by atoms with Gasteiger partial charge in [0.25, 0.3) is 5.91 Å². The highest BCUT2D eigenvalue weighted by Gasteiger charge is 2.39. The second kappa shape index (κ2) is 7.29. The lowest BCUT2D eigenvalue weighted by Crippen LogP contribution is -2.48. The number of guanidine groups is 1. The molecule has 3 aromatic rings. The quantitative estimate of drug-likeness (QED) is 0.661. The Bertz CT molecular complexity index is 1320. The molecule has 0 unspecified atom stereocenters. The molecular formula is C21H15F3N6O2. The number of para-hydroxylation sites is 1. The fraction of sp³-hybridized carbons (Fsp3) is 0.190. The van der Waals surface area contributed by atoms with Gasteiger partial charge in [0.2, 0.25) is 5.96 Å². The molecule has 2 aliphatic rings. The van der Waals surface area contributed by atoms with Gasteiger partial charge in [0, 0.05) is 23.7 Å². The van der Waals surface area contributed by atoms with Gasteiger partial charge in [-0.3, -0.25) is 20.0 Å². The summed E-state index contributed by atoms with van der Waals surface area (Å²) in [6.45, 7) is 0.884. The number of nitrogens with zero attached hydrogens (tertiary/aromatic N) is 5. The average Bonchev–Trinajstić information content (AvgIpc) is 3.28. The molecule has 0 radical (unpaired) electrons. The van der Waals surface area contributed by atoms with E-state index in [0.29, 0.717) is 41.3 Å². The predicted octanol–water partition coefficient (Wildman–Crippen LogP) is 3.15. The molecule has 1 amide bonds. The minimum Gasteiger partial charge on any atom is -0.494 e. The van der Waals surface area contributed by atoms with Crippen LogP contribution in [-0.4, -0.2) is 52.8 Å². The maximum Gasteiger partial charge on any atom is 0.434 e. The molecule has 0 saturated carbocycles. The molecule has 0 saturated heterocycles. The summed E-state index contributed by atoms with van der Waals surface area (Å²) >= 11 is 0. The van der Waals surface area contributed by atoms with Gasteiger partial charge in [-0.25, -0.2) is 15.0 Å².